The molecule has 0 aromatic heterocycles. The molecule has 0 radical (unpaired) electrons. The first-order valence-corrected chi connectivity index (χ1v) is 7.08. The van der Waals surface area contributed by atoms with Crippen LogP contribution < -0.4 is 10.1 Å². The Morgan fingerprint density at radius 1 is 1.22 bits per heavy atom. The number of benzene rings is 1. The first-order chi connectivity index (χ1) is 8.62. The number of hydrogen-bond donors (Lipinski definition) is 1. The van der Waals surface area contributed by atoms with Gasteiger partial charge in [0.2, 0.25) is 0 Å². The molecule has 18 heavy (non-hydrogen) atoms. The van der Waals surface area contributed by atoms with E-state index in [1.165, 1.54) is 18.4 Å². The van der Waals surface area contributed by atoms with Crippen LogP contribution >= 0.6 is 0 Å². The molecule has 1 aromatic carbocycles. The van der Waals surface area contributed by atoms with Crippen molar-refractivity contribution in [2.45, 2.75) is 52.1 Å². The number of hydrogen-bond acceptors (Lipinski definition) is 2. The van der Waals surface area contributed by atoms with E-state index < -0.39 is 0 Å². The summed E-state index contributed by atoms with van der Waals surface area (Å²) >= 11 is 0. The number of nitrogens with one attached hydrogen (secondary N) is 1. The predicted molar refractivity (Wildman–Crippen MR) is 75.9 cm³/mol. The maximum absolute atomic E-state index is 5.58. The van der Waals surface area contributed by atoms with Gasteiger partial charge in [-0.25, -0.2) is 0 Å². The molecule has 1 aliphatic rings. The third kappa shape index (κ3) is 3.74. The zero-order valence-corrected chi connectivity index (χ0v) is 11.8. The predicted octanol–water partition coefficient (Wildman–Crippen LogP) is 3.75. The van der Waals surface area contributed by atoms with Gasteiger partial charge in [0.05, 0.1) is 6.61 Å². The van der Waals surface area contributed by atoms with Crippen LogP contribution in [-0.2, 0) is 6.54 Å². The third-order valence-corrected chi connectivity index (χ3v) is 3.74. The topological polar surface area (TPSA) is 21.3 Å². The van der Waals surface area contributed by atoms with Crippen LogP contribution in [0.3, 0.4) is 0 Å². The van der Waals surface area contributed by atoms with Crippen molar-refractivity contribution in [1.29, 1.82) is 0 Å². The zero-order valence-electron chi connectivity index (χ0n) is 11.8. The van der Waals surface area contributed by atoms with Crippen molar-refractivity contribution < 1.29 is 4.74 Å². The van der Waals surface area contributed by atoms with Crippen molar-refractivity contribution in [3.63, 3.8) is 0 Å². The molecular weight excluding hydrogens is 222 g/mol. The molecule has 0 unspecified atom stereocenters. The van der Waals surface area contributed by atoms with Gasteiger partial charge in [-0.2, -0.15) is 0 Å². The lowest BCUT2D eigenvalue weighted by Gasteiger charge is -2.26. The monoisotopic (exact) mass is 247 g/mol. The van der Waals surface area contributed by atoms with E-state index in [2.05, 4.69) is 50.4 Å². The molecule has 0 aliphatic heterocycles. The Kier molecular flexibility index (Phi) is 4.28. The summed E-state index contributed by atoms with van der Waals surface area (Å²) in [6, 6.07) is 8.44. The Balaban J connectivity index is 1.82. The lowest BCUT2D eigenvalue weighted by atomic mass is 9.98. The smallest absolute Gasteiger partial charge is 0.119 e. The Morgan fingerprint density at radius 2 is 1.89 bits per heavy atom. The summed E-state index contributed by atoms with van der Waals surface area (Å²) in [5, 5.41) is 3.66. The van der Waals surface area contributed by atoms with Gasteiger partial charge >= 0.3 is 0 Å². The van der Waals surface area contributed by atoms with E-state index in [1.54, 1.807) is 0 Å². The fourth-order valence-corrected chi connectivity index (χ4v) is 2.20. The van der Waals surface area contributed by atoms with Gasteiger partial charge in [-0.15, -0.1) is 0 Å². The third-order valence-electron chi connectivity index (χ3n) is 3.74. The van der Waals surface area contributed by atoms with Crippen molar-refractivity contribution in [1.82, 2.24) is 5.32 Å². The fraction of sp³-hybridized carbons (Fsp3) is 0.625. The summed E-state index contributed by atoms with van der Waals surface area (Å²) < 4.78 is 5.58. The van der Waals surface area contributed by atoms with Crippen molar-refractivity contribution >= 4 is 0 Å². The van der Waals surface area contributed by atoms with Crippen LogP contribution in [0.4, 0.5) is 0 Å². The number of rotatable bonds is 7. The average Bonchev–Trinajstić information content (AvgIpc) is 3.20. The quantitative estimate of drug-likeness (QED) is 0.792. The van der Waals surface area contributed by atoms with E-state index in [0.717, 1.165) is 31.2 Å². The molecular formula is C16H25NO. The van der Waals surface area contributed by atoms with Crippen LogP contribution in [0.5, 0.6) is 5.75 Å². The Bertz CT molecular complexity index is 365. The molecule has 1 saturated carbocycles. The molecule has 2 heteroatoms. The van der Waals surface area contributed by atoms with E-state index in [0.29, 0.717) is 0 Å². The lowest BCUT2D eigenvalue weighted by Crippen LogP contribution is -2.40. The molecule has 1 aliphatic carbocycles. The molecule has 1 aromatic rings. The van der Waals surface area contributed by atoms with Crippen molar-refractivity contribution in [2.75, 3.05) is 6.61 Å². The van der Waals surface area contributed by atoms with E-state index in [9.17, 15) is 0 Å². The maximum atomic E-state index is 5.58. The molecule has 0 amide bonds. The first kappa shape index (κ1) is 13.4. The van der Waals surface area contributed by atoms with Crippen molar-refractivity contribution in [3.8, 4) is 5.75 Å². The molecule has 2 nitrogen and oxygen atoms in total. The van der Waals surface area contributed by atoms with E-state index in [4.69, 9.17) is 4.74 Å². The minimum Gasteiger partial charge on any atom is -0.494 e. The van der Waals surface area contributed by atoms with Gasteiger partial charge in [0, 0.05) is 12.1 Å². The van der Waals surface area contributed by atoms with Gasteiger partial charge in [0.15, 0.2) is 0 Å². The molecule has 1 N–H and O–H groups in total. The zero-order chi connectivity index (χ0) is 13.0. The van der Waals surface area contributed by atoms with Crippen LogP contribution in [0.2, 0.25) is 0 Å². The largest absolute Gasteiger partial charge is 0.494 e. The van der Waals surface area contributed by atoms with Crippen LogP contribution in [0.25, 0.3) is 0 Å². The summed E-state index contributed by atoms with van der Waals surface area (Å²) in [5.41, 5.74) is 1.60. The molecule has 0 atom stereocenters. The van der Waals surface area contributed by atoms with Gasteiger partial charge < -0.3 is 10.1 Å². The van der Waals surface area contributed by atoms with Crippen LogP contribution in [0.15, 0.2) is 24.3 Å². The standard InChI is InChI=1S/C16H25NO/c1-4-11-18-15-9-5-13(6-10-15)12-17-16(2,3)14-7-8-14/h5-6,9-10,14,17H,4,7-8,11-12H2,1-3H3. The van der Waals surface area contributed by atoms with Gasteiger partial charge in [0.1, 0.15) is 5.75 Å². The SMILES string of the molecule is CCCOc1ccc(CNC(C)(C)C2CC2)cc1. The van der Waals surface area contributed by atoms with Crippen molar-refractivity contribution in [3.05, 3.63) is 29.8 Å². The molecule has 0 heterocycles. The lowest BCUT2D eigenvalue weighted by molar-refractivity contribution is 0.317. The van der Waals surface area contributed by atoms with Crippen LogP contribution in [0, 0.1) is 5.92 Å². The normalized spacial score (nSPS) is 15.7. The maximum Gasteiger partial charge on any atom is 0.119 e. The summed E-state index contributed by atoms with van der Waals surface area (Å²) in [4.78, 5) is 0. The van der Waals surface area contributed by atoms with Gasteiger partial charge in [0.25, 0.3) is 0 Å². The van der Waals surface area contributed by atoms with Crippen LogP contribution in [-0.4, -0.2) is 12.1 Å². The van der Waals surface area contributed by atoms with E-state index >= 15 is 0 Å². The highest BCUT2D eigenvalue weighted by molar-refractivity contribution is 5.27. The Hall–Kier alpha value is -1.02. The van der Waals surface area contributed by atoms with Crippen molar-refractivity contribution in [2.24, 2.45) is 5.92 Å². The fourth-order valence-electron chi connectivity index (χ4n) is 2.20. The minimum atomic E-state index is 0.275. The number of ether oxygens (including phenoxy) is 1. The molecule has 1 fully saturated rings. The van der Waals surface area contributed by atoms with Gasteiger partial charge in [-0.05, 0) is 56.7 Å². The molecule has 2 rings (SSSR count). The highest BCUT2D eigenvalue weighted by Crippen LogP contribution is 2.39. The van der Waals surface area contributed by atoms with Gasteiger partial charge in [-0.1, -0.05) is 19.1 Å². The highest BCUT2D eigenvalue weighted by Gasteiger charge is 2.36. The Labute approximate surface area is 111 Å². The summed E-state index contributed by atoms with van der Waals surface area (Å²) in [5.74, 6) is 1.84. The Morgan fingerprint density at radius 3 is 2.44 bits per heavy atom. The first-order valence-electron chi connectivity index (χ1n) is 7.08. The molecule has 100 valence electrons. The minimum absolute atomic E-state index is 0.275. The second-order valence-corrected chi connectivity index (χ2v) is 5.84. The van der Waals surface area contributed by atoms with Crippen LogP contribution in [0.1, 0.15) is 45.6 Å². The molecule has 0 bridgehead atoms. The molecule has 0 saturated heterocycles. The second-order valence-electron chi connectivity index (χ2n) is 5.84. The van der Waals surface area contributed by atoms with Gasteiger partial charge in [-0.3, -0.25) is 0 Å². The highest BCUT2D eigenvalue weighted by atomic mass is 16.5. The summed E-state index contributed by atoms with van der Waals surface area (Å²) in [6.45, 7) is 8.48. The summed E-state index contributed by atoms with van der Waals surface area (Å²) in [6.07, 6.45) is 3.81. The summed E-state index contributed by atoms with van der Waals surface area (Å²) in [7, 11) is 0. The van der Waals surface area contributed by atoms with E-state index in [-0.39, 0.29) is 5.54 Å². The van der Waals surface area contributed by atoms with E-state index in [1.807, 2.05) is 0 Å². The average molecular weight is 247 g/mol. The second kappa shape index (κ2) is 5.75. The molecule has 0 spiro atoms.